The maximum Gasteiger partial charge on any atom is 0.245 e. The van der Waals surface area contributed by atoms with Gasteiger partial charge in [0, 0.05) is 6.54 Å². The number of rotatable bonds is 6. The molecule has 21 heavy (non-hydrogen) atoms. The number of carbonyl (C=O) groups excluding carboxylic acids is 1. The van der Waals surface area contributed by atoms with E-state index >= 15 is 0 Å². The summed E-state index contributed by atoms with van der Waals surface area (Å²) in [5.41, 5.74) is 10.1. The first-order valence-electron chi connectivity index (χ1n) is 6.08. The molecule has 0 heterocycles. The zero-order chi connectivity index (χ0) is 16.4. The van der Waals surface area contributed by atoms with Crippen LogP contribution in [0.25, 0.3) is 0 Å². The second-order valence-electron chi connectivity index (χ2n) is 4.96. The van der Waals surface area contributed by atoms with Crippen molar-refractivity contribution in [1.29, 1.82) is 0 Å². The van der Waals surface area contributed by atoms with Crippen molar-refractivity contribution in [3.05, 3.63) is 23.0 Å². The second kappa shape index (κ2) is 6.59. The van der Waals surface area contributed by atoms with Crippen molar-refractivity contribution in [2.24, 2.45) is 11.7 Å². The van der Waals surface area contributed by atoms with Crippen LogP contribution in [-0.4, -0.2) is 31.7 Å². The van der Waals surface area contributed by atoms with Gasteiger partial charge in [-0.3, -0.25) is 4.79 Å². The smallest absolute Gasteiger partial charge is 0.245 e. The first-order chi connectivity index (χ1) is 9.55. The van der Waals surface area contributed by atoms with E-state index < -0.39 is 28.3 Å². The lowest BCUT2D eigenvalue weighted by Gasteiger charge is -2.23. The van der Waals surface area contributed by atoms with E-state index in [1.54, 1.807) is 13.8 Å². The van der Waals surface area contributed by atoms with Gasteiger partial charge in [0.2, 0.25) is 15.9 Å². The number of nitrogens with two attached hydrogens (primary N) is 2. The summed E-state index contributed by atoms with van der Waals surface area (Å²) >= 11 is 5.79. The summed E-state index contributed by atoms with van der Waals surface area (Å²) in [6.45, 7) is 3.14. The molecular formula is C12H17ClFN3O3S. The van der Waals surface area contributed by atoms with Crippen molar-refractivity contribution in [3.63, 3.8) is 0 Å². The van der Waals surface area contributed by atoms with Crippen molar-refractivity contribution >= 4 is 33.2 Å². The van der Waals surface area contributed by atoms with Crippen LogP contribution in [0.3, 0.4) is 0 Å². The molecule has 0 fully saturated rings. The number of primary amides is 1. The highest BCUT2D eigenvalue weighted by molar-refractivity contribution is 7.89. The molecule has 1 aromatic rings. The van der Waals surface area contributed by atoms with Crippen LogP contribution < -0.4 is 11.5 Å². The normalized spacial score (nSPS) is 12.1. The van der Waals surface area contributed by atoms with Gasteiger partial charge < -0.3 is 11.5 Å². The largest absolute Gasteiger partial charge is 0.396 e. The number of halogens is 2. The van der Waals surface area contributed by atoms with E-state index in [9.17, 15) is 17.6 Å². The number of amides is 1. The minimum Gasteiger partial charge on any atom is -0.396 e. The molecule has 0 unspecified atom stereocenters. The van der Waals surface area contributed by atoms with Gasteiger partial charge in [-0.1, -0.05) is 25.4 Å². The van der Waals surface area contributed by atoms with Gasteiger partial charge in [-0.15, -0.1) is 0 Å². The number of nitrogens with zero attached hydrogens (tertiary/aromatic N) is 1. The molecule has 1 rings (SSSR count). The van der Waals surface area contributed by atoms with Gasteiger partial charge in [0.25, 0.3) is 0 Å². The second-order valence-corrected chi connectivity index (χ2v) is 7.28. The topological polar surface area (TPSA) is 106 Å². The minimum absolute atomic E-state index is 0.0457. The highest BCUT2D eigenvalue weighted by Crippen LogP contribution is 2.29. The van der Waals surface area contributed by atoms with Gasteiger partial charge in [-0.25, -0.2) is 12.8 Å². The third-order valence-electron chi connectivity index (χ3n) is 2.57. The third-order valence-corrected chi connectivity index (χ3v) is 4.85. The fourth-order valence-corrected chi connectivity index (χ4v) is 3.80. The molecule has 9 heteroatoms. The maximum absolute atomic E-state index is 13.3. The molecule has 4 N–H and O–H groups in total. The number of nitrogen functional groups attached to an aromatic ring is 1. The number of sulfonamides is 1. The molecule has 0 aliphatic heterocycles. The Hall–Kier alpha value is -1.38. The van der Waals surface area contributed by atoms with Crippen molar-refractivity contribution in [1.82, 2.24) is 4.31 Å². The predicted molar refractivity (Wildman–Crippen MR) is 78.6 cm³/mol. The SMILES string of the molecule is CC(C)CN(CC(N)=O)S(=O)(=O)c1cc(N)c(F)cc1Cl. The van der Waals surface area contributed by atoms with Crippen LogP contribution in [-0.2, 0) is 14.8 Å². The van der Waals surface area contributed by atoms with E-state index in [4.69, 9.17) is 23.1 Å². The minimum atomic E-state index is -4.11. The number of hydrogen-bond donors (Lipinski definition) is 2. The number of anilines is 1. The Kier molecular flexibility index (Phi) is 5.54. The van der Waals surface area contributed by atoms with Crippen LogP contribution in [0.5, 0.6) is 0 Å². The van der Waals surface area contributed by atoms with Crippen LogP contribution in [0, 0.1) is 11.7 Å². The molecule has 0 spiro atoms. The summed E-state index contributed by atoms with van der Waals surface area (Å²) < 4.78 is 39.3. The molecule has 0 atom stereocenters. The Bertz CT molecular complexity index is 649. The summed E-state index contributed by atoms with van der Waals surface area (Å²) in [5.74, 6) is -1.66. The van der Waals surface area contributed by atoms with Gasteiger partial charge in [0.05, 0.1) is 17.3 Å². The van der Waals surface area contributed by atoms with Crippen LogP contribution in [0.1, 0.15) is 13.8 Å². The average Bonchev–Trinajstić information content (AvgIpc) is 2.31. The fraction of sp³-hybridized carbons (Fsp3) is 0.417. The zero-order valence-corrected chi connectivity index (χ0v) is 13.2. The molecule has 0 aliphatic rings. The molecule has 0 saturated carbocycles. The molecule has 118 valence electrons. The Morgan fingerprint density at radius 1 is 1.43 bits per heavy atom. The zero-order valence-electron chi connectivity index (χ0n) is 11.6. The number of hydrogen-bond acceptors (Lipinski definition) is 4. The Morgan fingerprint density at radius 2 is 2.00 bits per heavy atom. The van der Waals surface area contributed by atoms with Crippen molar-refractivity contribution < 1.29 is 17.6 Å². The van der Waals surface area contributed by atoms with E-state index in [0.717, 1.165) is 16.4 Å². The van der Waals surface area contributed by atoms with Crippen molar-refractivity contribution in [3.8, 4) is 0 Å². The molecule has 0 bridgehead atoms. The molecule has 0 aromatic heterocycles. The summed E-state index contributed by atoms with van der Waals surface area (Å²) in [6, 6.07) is 1.75. The van der Waals surface area contributed by atoms with E-state index in [0.29, 0.717) is 0 Å². The molecule has 6 nitrogen and oxygen atoms in total. The monoisotopic (exact) mass is 337 g/mol. The summed E-state index contributed by atoms with van der Waals surface area (Å²) in [4.78, 5) is 10.7. The van der Waals surface area contributed by atoms with Crippen molar-refractivity contribution in [2.45, 2.75) is 18.7 Å². The van der Waals surface area contributed by atoms with E-state index in [1.807, 2.05) is 0 Å². The molecular weight excluding hydrogens is 321 g/mol. The summed E-state index contributed by atoms with van der Waals surface area (Å²) in [7, 11) is -4.11. The van der Waals surface area contributed by atoms with Gasteiger partial charge in [0.15, 0.2) is 0 Å². The molecule has 0 aliphatic carbocycles. The Labute approximate surface area is 127 Å². The van der Waals surface area contributed by atoms with E-state index in [1.165, 1.54) is 0 Å². The lowest BCUT2D eigenvalue weighted by molar-refractivity contribution is -0.118. The first kappa shape index (κ1) is 17.7. The van der Waals surface area contributed by atoms with Crippen LogP contribution in [0.2, 0.25) is 5.02 Å². The standard InChI is InChI=1S/C12H17ClFN3O3S/c1-7(2)5-17(6-12(16)18)21(19,20)11-4-10(15)9(14)3-8(11)13/h3-4,7H,5-6,15H2,1-2H3,(H2,16,18). The van der Waals surface area contributed by atoms with Gasteiger partial charge in [-0.2, -0.15) is 4.31 Å². The number of carbonyl (C=O) groups is 1. The van der Waals surface area contributed by atoms with Crippen molar-refractivity contribution in [2.75, 3.05) is 18.8 Å². The first-order valence-corrected chi connectivity index (χ1v) is 7.90. The summed E-state index contributed by atoms with van der Waals surface area (Å²) in [5, 5.41) is -0.306. The fourth-order valence-electron chi connectivity index (χ4n) is 1.71. The average molecular weight is 338 g/mol. The molecule has 0 radical (unpaired) electrons. The van der Waals surface area contributed by atoms with E-state index in [-0.39, 0.29) is 28.1 Å². The Balaban J connectivity index is 3.34. The number of benzene rings is 1. The lowest BCUT2D eigenvalue weighted by atomic mass is 10.2. The quantitative estimate of drug-likeness (QED) is 0.760. The van der Waals surface area contributed by atoms with Gasteiger partial charge in [0.1, 0.15) is 10.7 Å². The summed E-state index contributed by atoms with van der Waals surface area (Å²) in [6.07, 6.45) is 0. The van der Waals surface area contributed by atoms with Gasteiger partial charge >= 0.3 is 0 Å². The predicted octanol–water partition coefficient (Wildman–Crippen LogP) is 1.19. The van der Waals surface area contributed by atoms with Crippen LogP contribution in [0.15, 0.2) is 17.0 Å². The lowest BCUT2D eigenvalue weighted by Crippen LogP contribution is -2.40. The van der Waals surface area contributed by atoms with E-state index in [2.05, 4.69) is 0 Å². The molecule has 0 saturated heterocycles. The van der Waals surface area contributed by atoms with Gasteiger partial charge in [-0.05, 0) is 18.1 Å². The highest BCUT2D eigenvalue weighted by Gasteiger charge is 2.29. The van der Waals surface area contributed by atoms with Crippen LogP contribution >= 0.6 is 11.6 Å². The molecule has 1 aromatic carbocycles. The highest BCUT2D eigenvalue weighted by atomic mass is 35.5. The maximum atomic E-state index is 13.3. The van der Waals surface area contributed by atoms with Crippen LogP contribution in [0.4, 0.5) is 10.1 Å². The third kappa shape index (κ3) is 4.29. The molecule has 1 amide bonds. The Morgan fingerprint density at radius 3 is 2.48 bits per heavy atom.